The molecule has 1 aliphatic heterocycles. The Morgan fingerprint density at radius 3 is 2.75 bits per heavy atom. The van der Waals surface area contributed by atoms with Crippen LogP contribution in [-0.2, 0) is 0 Å². The van der Waals surface area contributed by atoms with Gasteiger partial charge in [-0.2, -0.15) is 11.8 Å². The standard InChI is InChI=1S/C12H23N3S/c1-13-11(14-7-9-16-2)15-8-6-12(10-15)4-3-5-12/h3-10H2,1-2H3,(H,13,14). The molecule has 0 amide bonds. The van der Waals surface area contributed by atoms with Gasteiger partial charge in [-0.15, -0.1) is 0 Å². The van der Waals surface area contributed by atoms with Crippen LogP contribution >= 0.6 is 11.8 Å². The number of rotatable bonds is 3. The first-order chi connectivity index (χ1) is 7.79. The number of guanidine groups is 1. The van der Waals surface area contributed by atoms with E-state index in [2.05, 4.69) is 21.5 Å². The van der Waals surface area contributed by atoms with Gasteiger partial charge in [0.05, 0.1) is 0 Å². The molecule has 4 heteroatoms. The van der Waals surface area contributed by atoms with Gasteiger partial charge in [0.15, 0.2) is 5.96 Å². The Kier molecular flexibility index (Phi) is 4.00. The second-order valence-corrected chi connectivity index (χ2v) is 5.98. The molecule has 0 bridgehead atoms. The zero-order valence-corrected chi connectivity index (χ0v) is 11.3. The Bertz CT molecular complexity index is 261. The largest absolute Gasteiger partial charge is 0.355 e. The smallest absolute Gasteiger partial charge is 0.193 e. The van der Waals surface area contributed by atoms with Gasteiger partial charge in [0.2, 0.25) is 0 Å². The summed E-state index contributed by atoms with van der Waals surface area (Å²) in [6.07, 6.45) is 7.82. The monoisotopic (exact) mass is 241 g/mol. The summed E-state index contributed by atoms with van der Waals surface area (Å²) in [7, 11) is 1.90. The molecule has 1 saturated carbocycles. The molecule has 1 spiro atoms. The van der Waals surface area contributed by atoms with Crippen molar-refractivity contribution in [2.75, 3.05) is 38.7 Å². The number of aliphatic imine (C=N–C) groups is 1. The summed E-state index contributed by atoms with van der Waals surface area (Å²) in [5, 5.41) is 3.45. The molecule has 1 heterocycles. The molecule has 2 fully saturated rings. The maximum Gasteiger partial charge on any atom is 0.193 e. The third-order valence-corrected chi connectivity index (χ3v) is 4.57. The quantitative estimate of drug-likeness (QED) is 0.464. The highest BCUT2D eigenvalue weighted by molar-refractivity contribution is 7.98. The molecule has 1 saturated heterocycles. The molecule has 2 rings (SSSR count). The van der Waals surface area contributed by atoms with Crippen LogP contribution in [0.4, 0.5) is 0 Å². The maximum absolute atomic E-state index is 4.39. The van der Waals surface area contributed by atoms with Gasteiger partial charge in [-0.25, -0.2) is 0 Å². The third kappa shape index (κ3) is 2.47. The fourth-order valence-electron chi connectivity index (χ4n) is 2.80. The van der Waals surface area contributed by atoms with E-state index in [0.29, 0.717) is 5.41 Å². The van der Waals surface area contributed by atoms with Crippen molar-refractivity contribution in [3.05, 3.63) is 0 Å². The topological polar surface area (TPSA) is 27.6 Å². The molecule has 0 aromatic rings. The van der Waals surface area contributed by atoms with Crippen molar-refractivity contribution in [1.82, 2.24) is 10.2 Å². The van der Waals surface area contributed by atoms with E-state index in [1.165, 1.54) is 38.8 Å². The molecule has 0 aromatic carbocycles. The summed E-state index contributed by atoms with van der Waals surface area (Å²) in [5.74, 6) is 2.26. The fourth-order valence-corrected chi connectivity index (χ4v) is 3.10. The Labute approximate surface area is 103 Å². The van der Waals surface area contributed by atoms with Crippen LogP contribution < -0.4 is 5.32 Å². The van der Waals surface area contributed by atoms with Crippen molar-refractivity contribution in [2.24, 2.45) is 10.4 Å². The van der Waals surface area contributed by atoms with Gasteiger partial charge in [-0.3, -0.25) is 4.99 Å². The summed E-state index contributed by atoms with van der Waals surface area (Å²) in [4.78, 5) is 6.83. The minimum absolute atomic E-state index is 0.664. The predicted molar refractivity (Wildman–Crippen MR) is 72.2 cm³/mol. The lowest BCUT2D eigenvalue weighted by molar-refractivity contribution is 0.151. The molecule has 1 aliphatic carbocycles. The van der Waals surface area contributed by atoms with Crippen molar-refractivity contribution in [3.63, 3.8) is 0 Å². The number of nitrogens with zero attached hydrogens (tertiary/aromatic N) is 2. The highest BCUT2D eigenvalue weighted by Crippen LogP contribution is 2.47. The summed E-state index contributed by atoms with van der Waals surface area (Å²) in [6.45, 7) is 3.45. The van der Waals surface area contributed by atoms with Gasteiger partial charge in [0.25, 0.3) is 0 Å². The summed E-state index contributed by atoms with van der Waals surface area (Å²) in [6, 6.07) is 0. The predicted octanol–water partition coefficient (Wildman–Crippen LogP) is 1.80. The van der Waals surface area contributed by atoms with E-state index >= 15 is 0 Å². The molecule has 2 aliphatic rings. The highest BCUT2D eigenvalue weighted by atomic mass is 32.2. The Balaban J connectivity index is 1.81. The van der Waals surface area contributed by atoms with Crippen molar-refractivity contribution in [1.29, 1.82) is 0 Å². The number of likely N-dealkylation sites (tertiary alicyclic amines) is 1. The highest BCUT2D eigenvalue weighted by Gasteiger charge is 2.43. The Morgan fingerprint density at radius 2 is 2.25 bits per heavy atom. The maximum atomic E-state index is 4.39. The number of hydrogen-bond donors (Lipinski definition) is 1. The first kappa shape index (κ1) is 12.1. The zero-order chi connectivity index (χ0) is 11.4. The molecule has 1 N–H and O–H groups in total. The average Bonchev–Trinajstić information content (AvgIpc) is 2.69. The van der Waals surface area contributed by atoms with Crippen molar-refractivity contribution in [2.45, 2.75) is 25.7 Å². The molecule has 0 unspecified atom stereocenters. The summed E-state index contributed by atoms with van der Waals surface area (Å²) < 4.78 is 0. The number of thioether (sulfide) groups is 1. The molecule has 0 radical (unpaired) electrons. The molecule has 3 nitrogen and oxygen atoms in total. The fraction of sp³-hybridized carbons (Fsp3) is 0.917. The van der Waals surface area contributed by atoms with Crippen LogP contribution in [0.3, 0.4) is 0 Å². The van der Waals surface area contributed by atoms with Gasteiger partial charge < -0.3 is 10.2 Å². The first-order valence-electron chi connectivity index (χ1n) is 6.24. The van der Waals surface area contributed by atoms with Crippen LogP contribution in [-0.4, -0.2) is 49.6 Å². The van der Waals surface area contributed by atoms with E-state index < -0.39 is 0 Å². The van der Waals surface area contributed by atoms with Crippen LogP contribution in [0.5, 0.6) is 0 Å². The zero-order valence-electron chi connectivity index (χ0n) is 10.5. The molecular weight excluding hydrogens is 218 g/mol. The van der Waals surface area contributed by atoms with Crippen molar-refractivity contribution in [3.8, 4) is 0 Å². The Morgan fingerprint density at radius 1 is 1.44 bits per heavy atom. The second-order valence-electron chi connectivity index (χ2n) is 4.99. The van der Waals surface area contributed by atoms with Crippen LogP contribution in [0.2, 0.25) is 0 Å². The van der Waals surface area contributed by atoms with Gasteiger partial charge in [0.1, 0.15) is 0 Å². The lowest BCUT2D eigenvalue weighted by atomic mass is 9.68. The Hall–Kier alpha value is -0.380. The third-order valence-electron chi connectivity index (χ3n) is 3.95. The molecule has 0 atom stereocenters. The minimum Gasteiger partial charge on any atom is -0.355 e. The van der Waals surface area contributed by atoms with E-state index in [-0.39, 0.29) is 0 Å². The normalized spacial score (nSPS) is 23.6. The minimum atomic E-state index is 0.664. The lowest BCUT2D eigenvalue weighted by Gasteiger charge is -2.38. The average molecular weight is 241 g/mol. The van der Waals surface area contributed by atoms with Crippen LogP contribution in [0.1, 0.15) is 25.7 Å². The van der Waals surface area contributed by atoms with Gasteiger partial charge in [-0.05, 0) is 30.9 Å². The van der Waals surface area contributed by atoms with E-state index in [0.717, 1.165) is 18.3 Å². The lowest BCUT2D eigenvalue weighted by Crippen LogP contribution is -2.43. The molecule has 16 heavy (non-hydrogen) atoms. The van der Waals surface area contributed by atoms with E-state index in [9.17, 15) is 0 Å². The number of hydrogen-bond acceptors (Lipinski definition) is 2. The summed E-state index contributed by atoms with van der Waals surface area (Å²) >= 11 is 1.88. The van der Waals surface area contributed by atoms with E-state index in [1.807, 2.05) is 18.8 Å². The molecule has 0 aromatic heterocycles. The van der Waals surface area contributed by atoms with E-state index in [1.54, 1.807) is 0 Å². The van der Waals surface area contributed by atoms with Crippen molar-refractivity contribution < 1.29 is 0 Å². The molecular formula is C12H23N3S. The number of nitrogens with one attached hydrogen (secondary N) is 1. The van der Waals surface area contributed by atoms with Crippen LogP contribution in [0.25, 0.3) is 0 Å². The SMILES string of the molecule is CN=C(NCCSC)N1CCC2(CCC2)C1. The van der Waals surface area contributed by atoms with Gasteiger partial charge in [0, 0.05) is 32.4 Å². The van der Waals surface area contributed by atoms with Crippen LogP contribution in [0.15, 0.2) is 4.99 Å². The first-order valence-corrected chi connectivity index (χ1v) is 7.64. The van der Waals surface area contributed by atoms with Crippen molar-refractivity contribution >= 4 is 17.7 Å². The van der Waals surface area contributed by atoms with Crippen LogP contribution in [0, 0.1) is 5.41 Å². The van der Waals surface area contributed by atoms with Gasteiger partial charge in [-0.1, -0.05) is 6.42 Å². The summed E-state index contributed by atoms with van der Waals surface area (Å²) in [5.41, 5.74) is 0.664. The van der Waals surface area contributed by atoms with Gasteiger partial charge >= 0.3 is 0 Å². The molecule has 92 valence electrons. The van der Waals surface area contributed by atoms with E-state index in [4.69, 9.17) is 0 Å². The second kappa shape index (κ2) is 5.30.